The molecule has 0 saturated heterocycles. The van der Waals surface area contributed by atoms with Crippen molar-refractivity contribution in [3.8, 4) is 5.75 Å². The summed E-state index contributed by atoms with van der Waals surface area (Å²) in [6, 6.07) is 3.78. The van der Waals surface area contributed by atoms with Crippen molar-refractivity contribution in [1.82, 2.24) is 4.98 Å². The van der Waals surface area contributed by atoms with Gasteiger partial charge in [0.25, 0.3) is 0 Å². The lowest BCUT2D eigenvalue weighted by atomic mass is 10.1. The summed E-state index contributed by atoms with van der Waals surface area (Å²) >= 11 is 0. The largest absolute Gasteiger partial charge is 0.497 e. The van der Waals surface area contributed by atoms with Gasteiger partial charge in [0.2, 0.25) is 0 Å². The minimum absolute atomic E-state index is 0.332. The molecule has 2 aromatic rings. The van der Waals surface area contributed by atoms with Crippen molar-refractivity contribution in [3.63, 3.8) is 0 Å². The summed E-state index contributed by atoms with van der Waals surface area (Å²) in [4.78, 5) is 14.9. The third kappa shape index (κ3) is 1.75. The maximum atomic E-state index is 11.7. The molecule has 0 aliphatic rings. The van der Waals surface area contributed by atoms with Crippen LogP contribution in [-0.2, 0) is 4.74 Å². The molecule has 0 fully saturated rings. The molecule has 90 valence electrons. The first-order valence-corrected chi connectivity index (χ1v) is 5.33. The molecule has 1 aromatic heterocycles. The summed E-state index contributed by atoms with van der Waals surface area (Å²) in [7, 11) is 2.99. The van der Waals surface area contributed by atoms with Crippen molar-refractivity contribution in [2.45, 2.75) is 13.8 Å². The molecule has 4 heteroatoms. The predicted molar refractivity (Wildman–Crippen MR) is 65.7 cm³/mol. The highest BCUT2D eigenvalue weighted by molar-refractivity contribution is 6.06. The van der Waals surface area contributed by atoms with Gasteiger partial charge in [-0.1, -0.05) is 0 Å². The molecule has 0 aliphatic carbocycles. The van der Waals surface area contributed by atoms with Crippen molar-refractivity contribution in [2.24, 2.45) is 0 Å². The van der Waals surface area contributed by atoms with E-state index >= 15 is 0 Å². The highest BCUT2D eigenvalue weighted by atomic mass is 16.5. The molecule has 0 saturated carbocycles. The number of ether oxygens (including phenoxy) is 2. The van der Waals surface area contributed by atoms with Gasteiger partial charge in [-0.3, -0.25) is 0 Å². The number of esters is 1. The van der Waals surface area contributed by atoms with Gasteiger partial charge in [0.1, 0.15) is 5.75 Å². The second-order valence-corrected chi connectivity index (χ2v) is 3.98. The fourth-order valence-electron chi connectivity index (χ4n) is 2.05. The van der Waals surface area contributed by atoms with Gasteiger partial charge in [-0.25, -0.2) is 4.79 Å². The maximum absolute atomic E-state index is 11.7. The molecule has 0 aliphatic heterocycles. The van der Waals surface area contributed by atoms with Crippen LogP contribution < -0.4 is 4.74 Å². The SMILES string of the molecule is COC(=O)c1c(C)[nH]c2c(C)cc(OC)cc12. The van der Waals surface area contributed by atoms with Gasteiger partial charge >= 0.3 is 5.97 Å². The number of hydrogen-bond donors (Lipinski definition) is 1. The van der Waals surface area contributed by atoms with Gasteiger partial charge < -0.3 is 14.5 Å². The average molecular weight is 233 g/mol. The maximum Gasteiger partial charge on any atom is 0.340 e. The van der Waals surface area contributed by atoms with Crippen LogP contribution in [0.2, 0.25) is 0 Å². The van der Waals surface area contributed by atoms with Gasteiger partial charge in [-0.2, -0.15) is 0 Å². The van der Waals surface area contributed by atoms with Crippen LogP contribution in [0.4, 0.5) is 0 Å². The number of aryl methyl sites for hydroxylation is 2. The summed E-state index contributed by atoms with van der Waals surface area (Å²) in [5.74, 6) is 0.403. The van der Waals surface area contributed by atoms with Gasteiger partial charge in [-0.15, -0.1) is 0 Å². The molecule has 1 aromatic carbocycles. The molecule has 17 heavy (non-hydrogen) atoms. The van der Waals surface area contributed by atoms with E-state index in [1.807, 2.05) is 26.0 Å². The lowest BCUT2D eigenvalue weighted by molar-refractivity contribution is 0.0602. The number of methoxy groups -OCH3 is 2. The second kappa shape index (κ2) is 4.13. The minimum Gasteiger partial charge on any atom is -0.497 e. The summed E-state index contributed by atoms with van der Waals surface area (Å²) in [5.41, 5.74) is 3.37. The second-order valence-electron chi connectivity index (χ2n) is 3.98. The highest BCUT2D eigenvalue weighted by Crippen LogP contribution is 2.29. The van der Waals surface area contributed by atoms with Crippen LogP contribution >= 0.6 is 0 Å². The normalized spacial score (nSPS) is 10.6. The molecule has 0 unspecified atom stereocenters. The molecular weight excluding hydrogens is 218 g/mol. The van der Waals surface area contributed by atoms with Crippen molar-refractivity contribution in [1.29, 1.82) is 0 Å². The fourth-order valence-corrected chi connectivity index (χ4v) is 2.05. The third-order valence-corrected chi connectivity index (χ3v) is 2.89. The number of benzene rings is 1. The Labute approximate surface area is 99.5 Å². The zero-order chi connectivity index (χ0) is 12.6. The molecule has 1 N–H and O–H groups in total. The summed E-state index contributed by atoms with van der Waals surface area (Å²) in [6.45, 7) is 3.83. The Hall–Kier alpha value is -1.97. The van der Waals surface area contributed by atoms with E-state index in [9.17, 15) is 4.79 Å². The van der Waals surface area contributed by atoms with Crippen LogP contribution in [0.3, 0.4) is 0 Å². The van der Waals surface area contributed by atoms with E-state index in [-0.39, 0.29) is 5.97 Å². The summed E-state index contributed by atoms with van der Waals surface area (Å²) < 4.78 is 10.0. The van der Waals surface area contributed by atoms with E-state index in [0.717, 1.165) is 27.9 Å². The predicted octanol–water partition coefficient (Wildman–Crippen LogP) is 2.58. The monoisotopic (exact) mass is 233 g/mol. The number of rotatable bonds is 2. The lowest BCUT2D eigenvalue weighted by Crippen LogP contribution is -2.02. The Morgan fingerprint density at radius 2 is 1.94 bits per heavy atom. The molecule has 0 spiro atoms. The zero-order valence-corrected chi connectivity index (χ0v) is 10.4. The zero-order valence-electron chi connectivity index (χ0n) is 10.4. The van der Waals surface area contributed by atoms with Crippen LogP contribution in [0.25, 0.3) is 10.9 Å². The van der Waals surface area contributed by atoms with Crippen molar-refractivity contribution in [3.05, 3.63) is 29.0 Å². The van der Waals surface area contributed by atoms with E-state index < -0.39 is 0 Å². The Morgan fingerprint density at radius 3 is 2.53 bits per heavy atom. The van der Waals surface area contributed by atoms with Crippen molar-refractivity contribution < 1.29 is 14.3 Å². The van der Waals surface area contributed by atoms with E-state index in [0.29, 0.717) is 5.56 Å². The average Bonchev–Trinajstić information content (AvgIpc) is 2.65. The first kappa shape index (κ1) is 11.5. The minimum atomic E-state index is -0.332. The van der Waals surface area contributed by atoms with Crippen molar-refractivity contribution >= 4 is 16.9 Å². The number of aromatic nitrogens is 1. The first-order chi connectivity index (χ1) is 8.08. The van der Waals surface area contributed by atoms with E-state index in [1.54, 1.807) is 7.11 Å². The Bertz CT molecular complexity index is 584. The quantitative estimate of drug-likeness (QED) is 0.811. The van der Waals surface area contributed by atoms with Gasteiger partial charge in [0.15, 0.2) is 0 Å². The number of carbonyl (C=O) groups excluding carboxylic acids is 1. The van der Waals surface area contributed by atoms with Crippen LogP contribution in [0, 0.1) is 13.8 Å². The molecular formula is C13H15NO3. The molecule has 1 heterocycles. The van der Waals surface area contributed by atoms with Crippen LogP contribution in [0.15, 0.2) is 12.1 Å². The van der Waals surface area contributed by atoms with E-state index in [2.05, 4.69) is 4.98 Å². The number of carbonyl (C=O) groups is 1. The first-order valence-electron chi connectivity index (χ1n) is 5.33. The number of H-pyrrole nitrogens is 1. The van der Waals surface area contributed by atoms with Gasteiger partial charge in [0, 0.05) is 16.6 Å². The Morgan fingerprint density at radius 1 is 1.24 bits per heavy atom. The van der Waals surface area contributed by atoms with Gasteiger partial charge in [0.05, 0.1) is 19.8 Å². The molecule has 0 radical (unpaired) electrons. The Kier molecular flexibility index (Phi) is 2.79. The van der Waals surface area contributed by atoms with Crippen molar-refractivity contribution in [2.75, 3.05) is 14.2 Å². The molecule has 2 rings (SSSR count). The van der Waals surface area contributed by atoms with Crippen LogP contribution in [-0.4, -0.2) is 25.2 Å². The highest BCUT2D eigenvalue weighted by Gasteiger charge is 2.18. The Balaban J connectivity index is 2.79. The third-order valence-electron chi connectivity index (χ3n) is 2.89. The van der Waals surface area contributed by atoms with Crippen LogP contribution in [0.5, 0.6) is 5.75 Å². The number of nitrogens with one attached hydrogen (secondary N) is 1. The topological polar surface area (TPSA) is 51.3 Å². The summed E-state index contributed by atoms with van der Waals surface area (Å²) in [6.07, 6.45) is 0. The van der Waals surface area contributed by atoms with Gasteiger partial charge in [-0.05, 0) is 31.5 Å². The molecule has 0 bridgehead atoms. The van der Waals surface area contributed by atoms with E-state index in [1.165, 1.54) is 7.11 Å². The molecule has 0 atom stereocenters. The van der Waals surface area contributed by atoms with Crippen LogP contribution in [0.1, 0.15) is 21.6 Å². The summed E-state index contributed by atoms with van der Waals surface area (Å²) in [5, 5.41) is 0.839. The van der Waals surface area contributed by atoms with E-state index in [4.69, 9.17) is 9.47 Å². The number of aromatic amines is 1. The molecule has 4 nitrogen and oxygen atoms in total. The lowest BCUT2D eigenvalue weighted by Gasteiger charge is -2.04. The number of hydrogen-bond acceptors (Lipinski definition) is 3. The molecule has 0 amide bonds. The smallest absolute Gasteiger partial charge is 0.340 e. The fraction of sp³-hybridized carbons (Fsp3) is 0.308. The standard InChI is InChI=1S/C13H15NO3/c1-7-5-9(16-3)6-10-11(13(15)17-4)8(2)14-12(7)10/h5-6,14H,1-4H3. The number of fused-ring (bicyclic) bond motifs is 1.